The highest BCUT2D eigenvalue weighted by atomic mass is 79.9. The Morgan fingerprint density at radius 2 is 1.77 bits per heavy atom. The van der Waals surface area contributed by atoms with Gasteiger partial charge >= 0.3 is 5.97 Å². The molecule has 1 aromatic heterocycles. The molecule has 0 fully saturated rings. The first-order valence-corrected chi connectivity index (χ1v) is 13.6. The summed E-state index contributed by atoms with van der Waals surface area (Å²) < 4.78 is 18.6. The average Bonchev–Trinajstić information content (AvgIpc) is 2.93. The number of fused-ring (bicyclic) bond motifs is 5. The molecule has 0 bridgehead atoms. The molecule has 0 spiro atoms. The molecule has 0 saturated heterocycles. The van der Waals surface area contributed by atoms with E-state index in [9.17, 15) is 14.7 Å². The standard InChI is InChI=1S/C32H26BrNO6/c1-32(2)31(39-25(35)13-10-17-8-11-20(33)12-9-17)30(37)27-24(40-32)16-23(38-3)26-28(27)34-22-15-19-7-5-4-6-18(19)14-21(22)29(26)36/h4-16,30-31,37H,1-3H3,(H,34,36)/b13-10+. The predicted molar refractivity (Wildman–Crippen MR) is 159 cm³/mol. The van der Waals surface area contributed by atoms with Gasteiger partial charge in [-0.05, 0) is 60.5 Å². The smallest absolute Gasteiger partial charge is 0.331 e. The number of aliphatic hydroxyl groups is 1. The molecule has 8 heteroatoms. The number of pyridine rings is 1. The van der Waals surface area contributed by atoms with Crippen molar-refractivity contribution < 1.29 is 24.1 Å². The van der Waals surface area contributed by atoms with Gasteiger partial charge in [-0.15, -0.1) is 0 Å². The van der Waals surface area contributed by atoms with Crippen molar-refractivity contribution in [3.63, 3.8) is 0 Å². The van der Waals surface area contributed by atoms with Crippen LogP contribution in [-0.4, -0.2) is 34.9 Å². The number of H-pyrrole nitrogens is 1. The predicted octanol–water partition coefficient (Wildman–Crippen LogP) is 6.44. The summed E-state index contributed by atoms with van der Waals surface area (Å²) in [6.45, 7) is 3.48. The number of hydrogen-bond acceptors (Lipinski definition) is 6. The van der Waals surface area contributed by atoms with Gasteiger partial charge in [-0.25, -0.2) is 4.79 Å². The van der Waals surface area contributed by atoms with Gasteiger partial charge in [0.2, 0.25) is 5.43 Å². The lowest BCUT2D eigenvalue weighted by atomic mass is 9.86. The molecule has 0 amide bonds. The number of aromatic amines is 1. The van der Waals surface area contributed by atoms with E-state index in [1.165, 1.54) is 13.2 Å². The highest BCUT2D eigenvalue weighted by molar-refractivity contribution is 9.10. The number of carbonyl (C=O) groups is 1. The Labute approximate surface area is 238 Å². The second kappa shape index (κ2) is 9.80. The SMILES string of the molecule is COc1cc2c(c3[nH]c4cc5ccccc5cc4c(=O)c13)C(O)C(OC(=O)/C=C/c1ccc(Br)cc1)C(C)(C)O2. The number of aliphatic hydroxyl groups excluding tert-OH is 1. The van der Waals surface area contributed by atoms with Crippen LogP contribution in [0.5, 0.6) is 11.5 Å². The molecule has 2 N–H and O–H groups in total. The van der Waals surface area contributed by atoms with Gasteiger partial charge in [0, 0.05) is 22.0 Å². The van der Waals surface area contributed by atoms with E-state index in [0.29, 0.717) is 33.5 Å². The largest absolute Gasteiger partial charge is 0.496 e. The van der Waals surface area contributed by atoms with Crippen molar-refractivity contribution in [1.82, 2.24) is 4.98 Å². The Hall–Kier alpha value is -4.14. The van der Waals surface area contributed by atoms with E-state index in [-0.39, 0.29) is 10.8 Å². The Morgan fingerprint density at radius 3 is 2.48 bits per heavy atom. The third-order valence-electron chi connectivity index (χ3n) is 7.30. The number of halogens is 1. The molecule has 0 aliphatic carbocycles. The van der Waals surface area contributed by atoms with Crippen molar-refractivity contribution in [1.29, 1.82) is 0 Å². The van der Waals surface area contributed by atoms with Crippen molar-refractivity contribution in [2.75, 3.05) is 7.11 Å². The number of esters is 1. The maximum atomic E-state index is 13.8. The van der Waals surface area contributed by atoms with Crippen molar-refractivity contribution in [2.45, 2.75) is 31.7 Å². The molecule has 1 aliphatic rings. The number of nitrogens with one attached hydrogen (secondary N) is 1. The zero-order chi connectivity index (χ0) is 28.2. The minimum atomic E-state index is -1.29. The van der Waals surface area contributed by atoms with Crippen LogP contribution in [0.2, 0.25) is 0 Å². The summed E-state index contributed by atoms with van der Waals surface area (Å²) in [6.07, 6.45) is 0.606. The van der Waals surface area contributed by atoms with Crippen LogP contribution in [0.1, 0.15) is 31.1 Å². The summed E-state index contributed by atoms with van der Waals surface area (Å²) in [5, 5.41) is 14.3. The molecule has 4 aromatic carbocycles. The van der Waals surface area contributed by atoms with Crippen LogP contribution in [0.4, 0.5) is 0 Å². The molecular formula is C32H26BrNO6. The molecular weight excluding hydrogens is 574 g/mol. The van der Waals surface area contributed by atoms with E-state index in [0.717, 1.165) is 20.8 Å². The Kier molecular flexibility index (Phi) is 6.40. The number of carbonyl (C=O) groups excluding carboxylic acids is 1. The van der Waals surface area contributed by atoms with E-state index < -0.39 is 23.8 Å². The fourth-order valence-electron chi connectivity index (χ4n) is 5.33. The van der Waals surface area contributed by atoms with Gasteiger partial charge in [0.25, 0.3) is 0 Å². The van der Waals surface area contributed by atoms with Gasteiger partial charge in [0.05, 0.1) is 29.1 Å². The van der Waals surface area contributed by atoms with Crippen molar-refractivity contribution in [3.05, 3.63) is 98.6 Å². The zero-order valence-corrected chi connectivity index (χ0v) is 23.6. The Balaban J connectivity index is 1.46. The molecule has 0 radical (unpaired) electrons. The number of hydrogen-bond donors (Lipinski definition) is 2. The number of aromatic nitrogens is 1. The highest BCUT2D eigenvalue weighted by Gasteiger charge is 2.47. The lowest BCUT2D eigenvalue weighted by Gasteiger charge is -2.42. The summed E-state index contributed by atoms with van der Waals surface area (Å²) in [4.78, 5) is 30.0. The second-order valence-corrected chi connectivity index (χ2v) is 11.2. The molecule has 2 heterocycles. The van der Waals surface area contributed by atoms with Crippen molar-refractivity contribution >= 4 is 60.6 Å². The molecule has 1 aliphatic heterocycles. The minimum Gasteiger partial charge on any atom is -0.496 e. The van der Waals surface area contributed by atoms with Crippen LogP contribution >= 0.6 is 15.9 Å². The maximum absolute atomic E-state index is 13.8. The van der Waals surface area contributed by atoms with Gasteiger partial charge in [0.1, 0.15) is 23.2 Å². The van der Waals surface area contributed by atoms with Crippen molar-refractivity contribution in [3.8, 4) is 11.5 Å². The van der Waals surface area contributed by atoms with Gasteiger partial charge in [-0.2, -0.15) is 0 Å². The maximum Gasteiger partial charge on any atom is 0.331 e. The van der Waals surface area contributed by atoms with Crippen LogP contribution in [0.3, 0.4) is 0 Å². The monoisotopic (exact) mass is 599 g/mol. The first-order chi connectivity index (χ1) is 19.2. The fourth-order valence-corrected chi connectivity index (χ4v) is 5.59. The van der Waals surface area contributed by atoms with Crippen LogP contribution in [-0.2, 0) is 9.53 Å². The molecule has 6 rings (SSSR count). The van der Waals surface area contributed by atoms with Gasteiger partial charge in [-0.1, -0.05) is 52.3 Å². The van der Waals surface area contributed by atoms with Gasteiger partial charge < -0.3 is 24.3 Å². The third-order valence-corrected chi connectivity index (χ3v) is 7.82. The van der Waals surface area contributed by atoms with Crippen LogP contribution in [0.25, 0.3) is 38.7 Å². The molecule has 2 unspecified atom stereocenters. The summed E-state index contributed by atoms with van der Waals surface area (Å²) >= 11 is 3.39. The second-order valence-electron chi connectivity index (χ2n) is 10.3. The van der Waals surface area contributed by atoms with Crippen LogP contribution < -0.4 is 14.9 Å². The normalized spacial score (nSPS) is 18.1. The van der Waals surface area contributed by atoms with E-state index in [1.807, 2.05) is 60.7 Å². The molecule has 7 nitrogen and oxygen atoms in total. The Morgan fingerprint density at radius 1 is 1.07 bits per heavy atom. The topological polar surface area (TPSA) is 97.9 Å². The number of ether oxygens (including phenoxy) is 3. The molecule has 40 heavy (non-hydrogen) atoms. The summed E-state index contributed by atoms with van der Waals surface area (Å²) in [6, 6.07) is 20.6. The number of benzene rings is 4. The summed E-state index contributed by atoms with van der Waals surface area (Å²) in [5.74, 6) is 0.0339. The first kappa shape index (κ1) is 26.1. The van der Waals surface area contributed by atoms with E-state index in [2.05, 4.69) is 20.9 Å². The summed E-state index contributed by atoms with van der Waals surface area (Å²) in [7, 11) is 1.48. The molecule has 202 valence electrons. The van der Waals surface area contributed by atoms with Gasteiger partial charge in [-0.3, -0.25) is 4.79 Å². The lowest BCUT2D eigenvalue weighted by molar-refractivity contribution is -0.171. The molecule has 2 atom stereocenters. The van der Waals surface area contributed by atoms with E-state index >= 15 is 0 Å². The quantitative estimate of drug-likeness (QED) is 0.140. The van der Waals surface area contributed by atoms with E-state index in [4.69, 9.17) is 14.2 Å². The van der Waals surface area contributed by atoms with Crippen LogP contribution in [0, 0.1) is 0 Å². The van der Waals surface area contributed by atoms with Gasteiger partial charge in [0.15, 0.2) is 6.10 Å². The minimum absolute atomic E-state index is 0.239. The van der Waals surface area contributed by atoms with E-state index in [1.54, 1.807) is 26.0 Å². The highest BCUT2D eigenvalue weighted by Crippen LogP contribution is 2.47. The summed E-state index contributed by atoms with van der Waals surface area (Å²) in [5.41, 5.74) is 0.806. The zero-order valence-electron chi connectivity index (χ0n) is 22.0. The molecule has 0 saturated carbocycles. The average molecular weight is 600 g/mol. The number of methoxy groups -OCH3 is 1. The first-order valence-electron chi connectivity index (χ1n) is 12.8. The lowest BCUT2D eigenvalue weighted by Crippen LogP contribution is -2.51. The molecule has 5 aromatic rings. The van der Waals surface area contributed by atoms with Crippen molar-refractivity contribution in [2.24, 2.45) is 0 Å². The van der Waals surface area contributed by atoms with Crippen LogP contribution in [0.15, 0.2) is 82.1 Å². The third kappa shape index (κ3) is 4.43. The fraction of sp³-hybridized carbons (Fsp3) is 0.188. The number of rotatable bonds is 4. The Bertz CT molecular complexity index is 1890.